The molecule has 8 heteroatoms. The molecule has 1 unspecified atom stereocenters. The molecule has 0 aliphatic carbocycles. The van der Waals surface area contributed by atoms with Crippen LogP contribution < -0.4 is 0 Å². The number of hydrogen-bond acceptors (Lipinski definition) is 5. The Kier molecular flexibility index (Phi) is 4.88. The van der Waals surface area contributed by atoms with Gasteiger partial charge in [-0.2, -0.15) is 10.1 Å². The number of carbonyl (C=O) groups excluding carboxylic acids is 1. The lowest BCUT2D eigenvalue weighted by Gasteiger charge is -2.31. The molecular weight excluding hydrogens is 402 g/mol. The van der Waals surface area contributed by atoms with Gasteiger partial charge in [-0.3, -0.25) is 14.9 Å². The standard InChI is InChI=1S/C18H16BrN3O4/c1-2-15-11-18(24,13-6-8-14(19)9-7-13)21(20-15)17(23)12-4-3-5-16(10-12)22(25)26/h3-10,24H,2,11H2,1H3. The van der Waals surface area contributed by atoms with Crippen molar-refractivity contribution in [3.05, 3.63) is 74.2 Å². The van der Waals surface area contributed by atoms with Crippen LogP contribution >= 0.6 is 15.9 Å². The van der Waals surface area contributed by atoms with Gasteiger partial charge in [-0.1, -0.05) is 41.1 Å². The normalized spacial score (nSPS) is 19.3. The maximum atomic E-state index is 13.0. The van der Waals surface area contributed by atoms with E-state index in [1.165, 1.54) is 24.3 Å². The number of aliphatic hydroxyl groups is 1. The molecule has 0 aromatic heterocycles. The SMILES string of the molecule is CCC1=NN(C(=O)c2cccc([N+](=O)[O-])c2)C(O)(c2ccc(Br)cc2)C1. The van der Waals surface area contributed by atoms with Gasteiger partial charge in [-0.15, -0.1) is 0 Å². The van der Waals surface area contributed by atoms with Crippen molar-refractivity contribution in [3.63, 3.8) is 0 Å². The number of halogens is 1. The minimum Gasteiger partial charge on any atom is -0.365 e. The Bertz CT molecular complexity index is 898. The Labute approximate surface area is 158 Å². The molecule has 0 radical (unpaired) electrons. The highest BCUT2D eigenvalue weighted by molar-refractivity contribution is 9.10. The van der Waals surface area contributed by atoms with Crippen molar-refractivity contribution in [2.45, 2.75) is 25.5 Å². The smallest absolute Gasteiger partial charge is 0.277 e. The number of amides is 1. The van der Waals surface area contributed by atoms with Crippen molar-refractivity contribution in [2.75, 3.05) is 0 Å². The first-order valence-corrected chi connectivity index (χ1v) is 8.78. The molecule has 2 aromatic rings. The van der Waals surface area contributed by atoms with Gasteiger partial charge in [0.25, 0.3) is 11.6 Å². The first-order chi connectivity index (χ1) is 12.3. The average molecular weight is 418 g/mol. The lowest BCUT2D eigenvalue weighted by Crippen LogP contribution is -2.43. The predicted molar refractivity (Wildman–Crippen MR) is 99.6 cm³/mol. The molecule has 0 saturated heterocycles. The highest BCUT2D eigenvalue weighted by Crippen LogP contribution is 2.37. The number of benzene rings is 2. The van der Waals surface area contributed by atoms with Crippen LogP contribution in [0.3, 0.4) is 0 Å². The molecule has 7 nitrogen and oxygen atoms in total. The zero-order valence-electron chi connectivity index (χ0n) is 13.9. The lowest BCUT2D eigenvalue weighted by atomic mass is 9.96. The fraction of sp³-hybridized carbons (Fsp3) is 0.222. The van der Waals surface area contributed by atoms with Crippen LogP contribution in [0.4, 0.5) is 5.69 Å². The molecule has 3 rings (SSSR count). The van der Waals surface area contributed by atoms with Gasteiger partial charge in [0.2, 0.25) is 0 Å². The second-order valence-electron chi connectivity index (χ2n) is 5.94. The number of nitro benzene ring substituents is 1. The zero-order chi connectivity index (χ0) is 18.9. The van der Waals surface area contributed by atoms with E-state index in [1.54, 1.807) is 24.3 Å². The number of non-ortho nitro benzene ring substituents is 1. The van der Waals surface area contributed by atoms with Crippen molar-refractivity contribution >= 4 is 33.2 Å². The fourth-order valence-electron chi connectivity index (χ4n) is 2.84. The van der Waals surface area contributed by atoms with Crippen LogP contribution in [0, 0.1) is 10.1 Å². The van der Waals surface area contributed by atoms with E-state index in [4.69, 9.17) is 0 Å². The number of hydrogen-bond donors (Lipinski definition) is 1. The third-order valence-electron chi connectivity index (χ3n) is 4.25. The van der Waals surface area contributed by atoms with Gasteiger partial charge in [0.15, 0.2) is 5.72 Å². The Morgan fingerprint density at radius 1 is 1.35 bits per heavy atom. The minimum absolute atomic E-state index is 0.0934. The van der Waals surface area contributed by atoms with Crippen LogP contribution in [0.1, 0.15) is 35.7 Å². The molecule has 2 aromatic carbocycles. The minimum atomic E-state index is -1.63. The molecule has 134 valence electrons. The summed E-state index contributed by atoms with van der Waals surface area (Å²) in [6.07, 6.45) is 0.767. The predicted octanol–water partition coefficient (Wildman–Crippen LogP) is 3.81. The molecule has 0 fully saturated rings. The van der Waals surface area contributed by atoms with Crippen LogP contribution in [0.5, 0.6) is 0 Å². The molecule has 26 heavy (non-hydrogen) atoms. The average Bonchev–Trinajstić information content (AvgIpc) is 2.99. The summed E-state index contributed by atoms with van der Waals surface area (Å²) in [7, 11) is 0. The molecule has 1 atom stereocenters. The van der Waals surface area contributed by atoms with E-state index in [0.717, 1.165) is 9.48 Å². The summed E-state index contributed by atoms with van der Waals surface area (Å²) in [4.78, 5) is 23.4. The van der Waals surface area contributed by atoms with Crippen molar-refractivity contribution in [1.82, 2.24) is 5.01 Å². The van der Waals surface area contributed by atoms with Crippen LogP contribution in [0.15, 0.2) is 58.1 Å². The van der Waals surface area contributed by atoms with Crippen molar-refractivity contribution in [1.29, 1.82) is 0 Å². The maximum absolute atomic E-state index is 13.0. The fourth-order valence-corrected chi connectivity index (χ4v) is 3.11. The van der Waals surface area contributed by atoms with Gasteiger partial charge in [0, 0.05) is 39.9 Å². The first-order valence-electron chi connectivity index (χ1n) is 7.99. The van der Waals surface area contributed by atoms with E-state index in [9.17, 15) is 20.0 Å². The summed E-state index contributed by atoms with van der Waals surface area (Å²) < 4.78 is 0.844. The lowest BCUT2D eigenvalue weighted by molar-refractivity contribution is -0.384. The van der Waals surface area contributed by atoms with Crippen LogP contribution in [0.2, 0.25) is 0 Å². The molecule has 1 aliphatic rings. The molecule has 0 spiro atoms. The highest BCUT2D eigenvalue weighted by atomic mass is 79.9. The van der Waals surface area contributed by atoms with Crippen molar-refractivity contribution in [3.8, 4) is 0 Å². The molecule has 1 amide bonds. The Morgan fingerprint density at radius 2 is 2.04 bits per heavy atom. The monoisotopic (exact) mass is 417 g/mol. The largest absolute Gasteiger partial charge is 0.365 e. The maximum Gasteiger partial charge on any atom is 0.277 e. The Hall–Kier alpha value is -2.58. The third kappa shape index (κ3) is 3.25. The molecule has 0 bridgehead atoms. The van der Waals surface area contributed by atoms with E-state index < -0.39 is 16.6 Å². The molecular formula is C18H16BrN3O4. The van der Waals surface area contributed by atoms with Crippen molar-refractivity contribution < 1.29 is 14.8 Å². The quantitative estimate of drug-likeness (QED) is 0.603. The van der Waals surface area contributed by atoms with Gasteiger partial charge < -0.3 is 5.11 Å². The zero-order valence-corrected chi connectivity index (χ0v) is 15.5. The van der Waals surface area contributed by atoms with E-state index >= 15 is 0 Å². The van der Waals surface area contributed by atoms with Gasteiger partial charge in [-0.25, -0.2) is 0 Å². The summed E-state index contributed by atoms with van der Waals surface area (Å²) in [5, 5.41) is 27.5. The van der Waals surface area contributed by atoms with E-state index in [2.05, 4.69) is 21.0 Å². The summed E-state index contributed by atoms with van der Waals surface area (Å²) in [5.41, 5.74) is -0.535. The second kappa shape index (κ2) is 6.97. The number of nitrogens with zero attached hydrogens (tertiary/aromatic N) is 3. The van der Waals surface area contributed by atoms with Crippen LogP contribution in [-0.4, -0.2) is 26.7 Å². The van der Waals surface area contributed by atoms with Crippen molar-refractivity contribution in [2.24, 2.45) is 5.10 Å². The van der Waals surface area contributed by atoms with Gasteiger partial charge in [0.05, 0.1) is 4.92 Å². The number of carbonyl (C=O) groups is 1. The second-order valence-corrected chi connectivity index (χ2v) is 6.86. The van der Waals surface area contributed by atoms with Gasteiger partial charge in [0.1, 0.15) is 0 Å². The van der Waals surface area contributed by atoms with Crippen LogP contribution in [-0.2, 0) is 5.72 Å². The molecule has 1 N–H and O–H groups in total. The third-order valence-corrected chi connectivity index (χ3v) is 4.78. The molecule has 1 aliphatic heterocycles. The first kappa shape index (κ1) is 18.2. The summed E-state index contributed by atoms with van der Waals surface area (Å²) in [5.74, 6) is -0.595. The Morgan fingerprint density at radius 3 is 2.65 bits per heavy atom. The van der Waals surface area contributed by atoms with Crippen LogP contribution in [0.25, 0.3) is 0 Å². The number of nitro groups is 1. The van der Waals surface area contributed by atoms with Gasteiger partial charge in [-0.05, 0) is 24.6 Å². The van der Waals surface area contributed by atoms with E-state index in [-0.39, 0.29) is 17.7 Å². The van der Waals surface area contributed by atoms with E-state index in [0.29, 0.717) is 17.7 Å². The Balaban J connectivity index is 2.03. The van der Waals surface area contributed by atoms with E-state index in [1.807, 2.05) is 6.92 Å². The summed E-state index contributed by atoms with van der Waals surface area (Å²) in [6, 6.07) is 12.4. The van der Waals surface area contributed by atoms with Gasteiger partial charge >= 0.3 is 0 Å². The number of rotatable bonds is 4. The molecule has 0 saturated carbocycles. The summed E-state index contributed by atoms with van der Waals surface area (Å²) in [6.45, 7) is 1.89. The molecule has 1 heterocycles. The highest BCUT2D eigenvalue weighted by Gasteiger charge is 2.45. The number of hydrazone groups is 1. The summed E-state index contributed by atoms with van der Waals surface area (Å²) >= 11 is 3.34. The topological polar surface area (TPSA) is 96.0 Å².